The molecule has 0 fully saturated rings. The number of carbonyl (C=O) groups is 1. The topological polar surface area (TPSA) is 85.1 Å². The van der Waals surface area contributed by atoms with Gasteiger partial charge in [0.2, 0.25) is 5.91 Å². The number of aromatic nitrogens is 1. The predicted octanol–water partition coefficient (Wildman–Crippen LogP) is 2.53. The van der Waals surface area contributed by atoms with Crippen LogP contribution in [0.3, 0.4) is 0 Å². The SMILES string of the molecule is Cc1nc(C)c(CNC(=O)Cc2ccc([N+](=O)[O-])cc2)s1. The molecule has 1 heterocycles. The molecule has 0 radical (unpaired) electrons. The lowest BCUT2D eigenvalue weighted by atomic mass is 10.1. The number of amides is 1. The molecule has 0 unspecified atom stereocenters. The Kier molecular flexibility index (Phi) is 4.64. The van der Waals surface area contributed by atoms with Gasteiger partial charge in [0.15, 0.2) is 0 Å². The Morgan fingerprint density at radius 2 is 2.00 bits per heavy atom. The summed E-state index contributed by atoms with van der Waals surface area (Å²) in [5, 5.41) is 14.4. The Morgan fingerprint density at radius 3 is 2.52 bits per heavy atom. The molecular formula is C14H15N3O3S. The van der Waals surface area contributed by atoms with Crippen molar-refractivity contribution in [2.45, 2.75) is 26.8 Å². The zero-order valence-electron chi connectivity index (χ0n) is 11.8. The van der Waals surface area contributed by atoms with E-state index in [1.807, 2.05) is 13.8 Å². The normalized spacial score (nSPS) is 10.4. The molecule has 1 N–H and O–H groups in total. The van der Waals surface area contributed by atoms with Crippen LogP contribution in [0.25, 0.3) is 0 Å². The van der Waals surface area contributed by atoms with Gasteiger partial charge in [-0.05, 0) is 19.4 Å². The van der Waals surface area contributed by atoms with E-state index in [-0.39, 0.29) is 18.0 Å². The summed E-state index contributed by atoms with van der Waals surface area (Å²) < 4.78 is 0. The summed E-state index contributed by atoms with van der Waals surface area (Å²) >= 11 is 1.57. The third-order valence-corrected chi connectivity index (χ3v) is 4.03. The van der Waals surface area contributed by atoms with Crippen molar-refractivity contribution in [1.29, 1.82) is 0 Å². The minimum absolute atomic E-state index is 0.0231. The summed E-state index contributed by atoms with van der Waals surface area (Å²) in [7, 11) is 0. The van der Waals surface area contributed by atoms with Gasteiger partial charge in [-0.1, -0.05) is 12.1 Å². The average molecular weight is 305 g/mol. The number of benzene rings is 1. The van der Waals surface area contributed by atoms with E-state index >= 15 is 0 Å². The lowest BCUT2D eigenvalue weighted by molar-refractivity contribution is -0.384. The van der Waals surface area contributed by atoms with Crippen molar-refractivity contribution in [1.82, 2.24) is 10.3 Å². The molecule has 0 bridgehead atoms. The van der Waals surface area contributed by atoms with Crippen LogP contribution in [0.5, 0.6) is 0 Å². The maximum absolute atomic E-state index is 11.9. The molecule has 1 amide bonds. The van der Waals surface area contributed by atoms with Gasteiger partial charge in [0, 0.05) is 17.0 Å². The third kappa shape index (κ3) is 4.09. The molecule has 0 aliphatic rings. The number of carbonyl (C=O) groups excluding carboxylic acids is 1. The van der Waals surface area contributed by atoms with E-state index in [2.05, 4.69) is 10.3 Å². The standard InChI is InChI=1S/C14H15N3O3S/c1-9-13(21-10(2)16-9)8-15-14(18)7-11-3-5-12(6-4-11)17(19)20/h3-6H,7-8H2,1-2H3,(H,15,18). The first-order valence-corrected chi connectivity index (χ1v) is 7.20. The van der Waals surface area contributed by atoms with Crippen molar-refractivity contribution >= 4 is 22.9 Å². The monoisotopic (exact) mass is 305 g/mol. The zero-order valence-corrected chi connectivity index (χ0v) is 12.6. The first-order chi connectivity index (χ1) is 9.95. The number of nitro groups is 1. The number of aryl methyl sites for hydroxylation is 2. The summed E-state index contributed by atoms with van der Waals surface area (Å²) in [6.07, 6.45) is 0.203. The van der Waals surface area contributed by atoms with Crippen LogP contribution in [0.4, 0.5) is 5.69 Å². The molecule has 0 aliphatic carbocycles. The fourth-order valence-electron chi connectivity index (χ4n) is 1.90. The van der Waals surface area contributed by atoms with Crippen molar-refractivity contribution in [3.05, 3.63) is 55.5 Å². The van der Waals surface area contributed by atoms with Crippen LogP contribution < -0.4 is 5.32 Å². The lowest BCUT2D eigenvalue weighted by Gasteiger charge is -2.04. The van der Waals surface area contributed by atoms with Crippen LogP contribution in [-0.2, 0) is 17.8 Å². The number of nitrogens with one attached hydrogen (secondary N) is 1. The molecule has 1 aromatic heterocycles. The van der Waals surface area contributed by atoms with Crippen molar-refractivity contribution in [2.75, 3.05) is 0 Å². The summed E-state index contributed by atoms with van der Waals surface area (Å²) in [4.78, 5) is 27.3. The highest BCUT2D eigenvalue weighted by molar-refractivity contribution is 7.11. The molecule has 0 saturated carbocycles. The highest BCUT2D eigenvalue weighted by atomic mass is 32.1. The van der Waals surface area contributed by atoms with E-state index in [1.54, 1.807) is 23.5 Å². The largest absolute Gasteiger partial charge is 0.351 e. The fraction of sp³-hybridized carbons (Fsp3) is 0.286. The molecular weight excluding hydrogens is 290 g/mol. The molecule has 2 rings (SSSR count). The van der Waals surface area contributed by atoms with Crippen LogP contribution in [0, 0.1) is 24.0 Å². The van der Waals surface area contributed by atoms with E-state index in [0.29, 0.717) is 6.54 Å². The first kappa shape index (κ1) is 15.1. The first-order valence-electron chi connectivity index (χ1n) is 6.38. The third-order valence-electron chi connectivity index (χ3n) is 2.96. The highest BCUT2D eigenvalue weighted by Gasteiger charge is 2.09. The van der Waals surface area contributed by atoms with Crippen LogP contribution in [0.15, 0.2) is 24.3 Å². The van der Waals surface area contributed by atoms with Crippen molar-refractivity contribution < 1.29 is 9.72 Å². The number of nitrogens with zero attached hydrogens (tertiary/aromatic N) is 2. The summed E-state index contributed by atoms with van der Waals surface area (Å²) in [5.74, 6) is -0.116. The van der Waals surface area contributed by atoms with Gasteiger partial charge in [0.05, 0.1) is 28.6 Å². The van der Waals surface area contributed by atoms with Gasteiger partial charge in [0.1, 0.15) is 0 Å². The van der Waals surface area contributed by atoms with Gasteiger partial charge in [-0.3, -0.25) is 14.9 Å². The number of non-ortho nitro benzene ring substituents is 1. The van der Waals surface area contributed by atoms with Gasteiger partial charge in [-0.15, -0.1) is 11.3 Å². The summed E-state index contributed by atoms with van der Waals surface area (Å²) in [5.41, 5.74) is 1.71. The van der Waals surface area contributed by atoms with E-state index in [9.17, 15) is 14.9 Å². The Balaban J connectivity index is 1.89. The van der Waals surface area contributed by atoms with Crippen molar-refractivity contribution in [3.63, 3.8) is 0 Å². The van der Waals surface area contributed by atoms with E-state index in [0.717, 1.165) is 21.1 Å². The highest BCUT2D eigenvalue weighted by Crippen LogP contribution is 2.17. The Hall–Kier alpha value is -2.28. The lowest BCUT2D eigenvalue weighted by Crippen LogP contribution is -2.24. The van der Waals surface area contributed by atoms with Crippen LogP contribution >= 0.6 is 11.3 Å². The molecule has 6 nitrogen and oxygen atoms in total. The fourth-order valence-corrected chi connectivity index (χ4v) is 2.78. The molecule has 0 spiro atoms. The van der Waals surface area contributed by atoms with Gasteiger partial charge in [-0.2, -0.15) is 0 Å². The second kappa shape index (κ2) is 6.45. The Morgan fingerprint density at radius 1 is 1.33 bits per heavy atom. The Bertz CT molecular complexity index is 665. The summed E-state index contributed by atoms with van der Waals surface area (Å²) in [6, 6.07) is 6.00. The van der Waals surface area contributed by atoms with Gasteiger partial charge < -0.3 is 5.32 Å². The smallest absolute Gasteiger partial charge is 0.269 e. The molecule has 110 valence electrons. The second-order valence-corrected chi connectivity index (χ2v) is 5.91. The number of nitro benzene ring substituents is 1. The number of thiazole rings is 1. The average Bonchev–Trinajstić information content (AvgIpc) is 2.75. The van der Waals surface area contributed by atoms with E-state index in [4.69, 9.17) is 0 Å². The molecule has 1 aromatic carbocycles. The number of hydrogen-bond acceptors (Lipinski definition) is 5. The van der Waals surface area contributed by atoms with Crippen molar-refractivity contribution in [3.8, 4) is 0 Å². The number of hydrogen-bond donors (Lipinski definition) is 1. The van der Waals surface area contributed by atoms with Gasteiger partial charge in [-0.25, -0.2) is 4.98 Å². The summed E-state index contributed by atoms with van der Waals surface area (Å²) in [6.45, 7) is 4.31. The zero-order chi connectivity index (χ0) is 15.4. The quantitative estimate of drug-likeness (QED) is 0.679. The Labute approximate surface area is 126 Å². The minimum atomic E-state index is -0.460. The second-order valence-electron chi connectivity index (χ2n) is 4.62. The molecule has 0 aliphatic heterocycles. The maximum Gasteiger partial charge on any atom is 0.269 e. The van der Waals surface area contributed by atoms with Crippen LogP contribution in [-0.4, -0.2) is 15.8 Å². The molecule has 0 saturated heterocycles. The predicted molar refractivity (Wildman–Crippen MR) is 80.2 cm³/mol. The molecule has 7 heteroatoms. The molecule has 2 aromatic rings. The van der Waals surface area contributed by atoms with Crippen molar-refractivity contribution in [2.24, 2.45) is 0 Å². The van der Waals surface area contributed by atoms with Crippen LogP contribution in [0.2, 0.25) is 0 Å². The molecule has 0 atom stereocenters. The number of rotatable bonds is 5. The van der Waals surface area contributed by atoms with Crippen LogP contribution in [0.1, 0.15) is 21.1 Å². The maximum atomic E-state index is 11.9. The van der Waals surface area contributed by atoms with Gasteiger partial charge >= 0.3 is 0 Å². The van der Waals surface area contributed by atoms with Gasteiger partial charge in [0.25, 0.3) is 5.69 Å². The molecule has 21 heavy (non-hydrogen) atoms. The van der Waals surface area contributed by atoms with E-state index < -0.39 is 4.92 Å². The minimum Gasteiger partial charge on any atom is -0.351 e. The van der Waals surface area contributed by atoms with E-state index in [1.165, 1.54) is 12.1 Å².